The molecule has 3 heterocycles. The zero-order chi connectivity index (χ0) is 17.8. The average Bonchev–Trinajstić information content (AvgIpc) is 3.33. The fourth-order valence-electron chi connectivity index (χ4n) is 2.77. The average molecular weight is 379 g/mol. The zero-order valence-electron chi connectivity index (χ0n) is 14.4. The number of aryl methyl sites for hydroxylation is 2. The van der Waals surface area contributed by atoms with Crippen LogP contribution in [0.1, 0.15) is 10.4 Å². The lowest BCUT2D eigenvalue weighted by Gasteiger charge is -2.12. The molecule has 0 saturated heterocycles. The second-order valence-corrected chi connectivity index (χ2v) is 7.94. The van der Waals surface area contributed by atoms with Crippen LogP contribution in [0.25, 0.3) is 17.1 Å². The largest absolute Gasteiger partial charge is 0.270 e. The summed E-state index contributed by atoms with van der Waals surface area (Å²) in [5.74, 6) is 1.79. The quantitative estimate of drug-likeness (QED) is 0.441. The summed E-state index contributed by atoms with van der Waals surface area (Å²) < 4.78 is 2.14. The molecule has 4 nitrogen and oxygen atoms in total. The molecule has 4 rings (SSSR count). The Bertz CT molecular complexity index is 978. The van der Waals surface area contributed by atoms with Crippen LogP contribution in [0.2, 0.25) is 0 Å². The van der Waals surface area contributed by atoms with E-state index in [1.165, 1.54) is 10.4 Å². The first kappa shape index (κ1) is 17.0. The number of rotatable bonds is 6. The van der Waals surface area contributed by atoms with E-state index in [1.54, 1.807) is 29.3 Å². The van der Waals surface area contributed by atoms with Crippen LogP contribution < -0.4 is 0 Å². The molecule has 4 aromatic rings. The predicted molar refractivity (Wildman–Crippen MR) is 108 cm³/mol. The molecule has 130 valence electrons. The van der Waals surface area contributed by atoms with E-state index < -0.39 is 0 Å². The Labute approximate surface area is 161 Å². The van der Waals surface area contributed by atoms with Gasteiger partial charge in [0.25, 0.3) is 0 Å². The lowest BCUT2D eigenvalue weighted by atomic mass is 10.2. The van der Waals surface area contributed by atoms with Crippen molar-refractivity contribution in [2.24, 2.45) is 0 Å². The van der Waals surface area contributed by atoms with Crippen LogP contribution in [0.15, 0.2) is 71.5 Å². The summed E-state index contributed by atoms with van der Waals surface area (Å²) in [4.78, 5) is 5.63. The number of thioether (sulfide) groups is 1. The highest BCUT2D eigenvalue weighted by Crippen LogP contribution is 2.29. The first-order valence-electron chi connectivity index (χ1n) is 8.40. The van der Waals surface area contributed by atoms with Crippen molar-refractivity contribution in [1.82, 2.24) is 19.7 Å². The van der Waals surface area contributed by atoms with Crippen LogP contribution in [0.4, 0.5) is 0 Å². The Morgan fingerprint density at radius 3 is 2.73 bits per heavy atom. The Hall–Kier alpha value is -2.44. The summed E-state index contributed by atoms with van der Waals surface area (Å²) in [6.07, 6.45) is 4.64. The number of thiophene rings is 1. The van der Waals surface area contributed by atoms with E-state index in [0.717, 1.165) is 34.4 Å². The van der Waals surface area contributed by atoms with Crippen molar-refractivity contribution < 1.29 is 0 Å². The smallest absolute Gasteiger partial charge is 0.196 e. The van der Waals surface area contributed by atoms with Gasteiger partial charge in [0.1, 0.15) is 0 Å². The first-order valence-corrected chi connectivity index (χ1v) is 10.3. The molecule has 0 bridgehead atoms. The molecular weight excluding hydrogens is 360 g/mol. The van der Waals surface area contributed by atoms with Gasteiger partial charge in [0.2, 0.25) is 0 Å². The molecule has 0 N–H and O–H groups in total. The van der Waals surface area contributed by atoms with Crippen LogP contribution >= 0.6 is 23.1 Å². The second kappa shape index (κ2) is 7.85. The maximum Gasteiger partial charge on any atom is 0.196 e. The number of hydrogen-bond acceptors (Lipinski definition) is 5. The number of hydrogen-bond donors (Lipinski definition) is 0. The molecule has 3 aromatic heterocycles. The molecule has 0 aliphatic rings. The Morgan fingerprint density at radius 2 is 1.96 bits per heavy atom. The highest BCUT2D eigenvalue weighted by molar-refractivity contribution is 7.99. The van der Waals surface area contributed by atoms with Gasteiger partial charge >= 0.3 is 0 Å². The van der Waals surface area contributed by atoms with Gasteiger partial charge in [-0.3, -0.25) is 9.55 Å². The van der Waals surface area contributed by atoms with Gasteiger partial charge in [-0.15, -0.1) is 21.5 Å². The maximum atomic E-state index is 4.48. The van der Waals surface area contributed by atoms with Gasteiger partial charge in [-0.1, -0.05) is 36.0 Å². The summed E-state index contributed by atoms with van der Waals surface area (Å²) in [5.41, 5.74) is 3.26. The van der Waals surface area contributed by atoms with Crippen molar-refractivity contribution in [3.05, 3.63) is 76.7 Å². The Kier molecular flexibility index (Phi) is 5.13. The van der Waals surface area contributed by atoms with Crippen LogP contribution in [-0.4, -0.2) is 25.5 Å². The normalized spacial score (nSPS) is 11.0. The molecule has 0 atom stereocenters. The lowest BCUT2D eigenvalue weighted by Crippen LogP contribution is -2.02. The minimum absolute atomic E-state index is 0.825. The van der Waals surface area contributed by atoms with Gasteiger partial charge < -0.3 is 0 Å². The third-order valence-corrected chi connectivity index (χ3v) is 5.94. The molecule has 26 heavy (non-hydrogen) atoms. The van der Waals surface area contributed by atoms with E-state index in [0.29, 0.717) is 0 Å². The van der Waals surface area contributed by atoms with E-state index in [4.69, 9.17) is 0 Å². The fraction of sp³-hybridized carbons (Fsp3) is 0.150. The summed E-state index contributed by atoms with van der Waals surface area (Å²) in [6.45, 7) is 2.11. The van der Waals surface area contributed by atoms with Gasteiger partial charge in [-0.2, -0.15) is 0 Å². The summed E-state index contributed by atoms with van der Waals surface area (Å²) in [7, 11) is 0. The monoisotopic (exact) mass is 378 g/mol. The van der Waals surface area contributed by atoms with Crippen LogP contribution in [0, 0.1) is 6.92 Å². The van der Waals surface area contributed by atoms with Gasteiger partial charge in [0, 0.05) is 28.6 Å². The van der Waals surface area contributed by atoms with Gasteiger partial charge in [-0.25, -0.2) is 0 Å². The van der Waals surface area contributed by atoms with E-state index in [-0.39, 0.29) is 0 Å². The van der Waals surface area contributed by atoms with E-state index in [9.17, 15) is 0 Å². The zero-order valence-corrected chi connectivity index (χ0v) is 16.0. The predicted octanol–water partition coefficient (Wildman–Crippen LogP) is 5.03. The molecule has 1 aromatic carbocycles. The fourth-order valence-corrected chi connectivity index (χ4v) is 4.53. The van der Waals surface area contributed by atoms with Gasteiger partial charge in [0.15, 0.2) is 11.0 Å². The Balaban J connectivity index is 1.70. The minimum atomic E-state index is 0.825. The lowest BCUT2D eigenvalue weighted by molar-refractivity contribution is 0.879. The van der Waals surface area contributed by atoms with E-state index in [2.05, 4.69) is 68.5 Å². The minimum Gasteiger partial charge on any atom is -0.270 e. The molecule has 0 fully saturated rings. The second-order valence-electron chi connectivity index (χ2n) is 5.85. The first-order chi connectivity index (χ1) is 12.8. The molecule has 0 aliphatic heterocycles. The SMILES string of the molecule is Cc1ccccc1-n1c(SCCc2cccs2)nnc1-c1cccnc1. The topological polar surface area (TPSA) is 43.6 Å². The third kappa shape index (κ3) is 3.57. The number of pyridine rings is 1. The van der Waals surface area contributed by atoms with Crippen molar-refractivity contribution in [3.63, 3.8) is 0 Å². The van der Waals surface area contributed by atoms with Crippen molar-refractivity contribution in [3.8, 4) is 17.1 Å². The standard InChI is InChI=1S/C20H18N4S2/c1-15-6-2-3-9-18(15)24-19(16-7-4-11-21-14-16)22-23-20(24)26-13-10-17-8-5-12-25-17/h2-9,11-12,14H,10,13H2,1H3. The third-order valence-electron chi connectivity index (χ3n) is 4.07. The number of nitrogens with zero attached hydrogens (tertiary/aromatic N) is 4. The maximum absolute atomic E-state index is 4.48. The summed E-state index contributed by atoms with van der Waals surface area (Å²) in [6, 6.07) is 16.6. The van der Waals surface area contributed by atoms with E-state index in [1.807, 2.05) is 18.3 Å². The highest BCUT2D eigenvalue weighted by atomic mass is 32.2. The molecule has 0 saturated carbocycles. The summed E-state index contributed by atoms with van der Waals surface area (Å²) in [5, 5.41) is 12.0. The van der Waals surface area contributed by atoms with Crippen LogP contribution in [0.3, 0.4) is 0 Å². The molecule has 0 aliphatic carbocycles. The van der Waals surface area contributed by atoms with Crippen molar-refractivity contribution in [2.75, 3.05) is 5.75 Å². The number of aromatic nitrogens is 4. The van der Waals surface area contributed by atoms with E-state index >= 15 is 0 Å². The molecular formula is C20H18N4S2. The highest BCUT2D eigenvalue weighted by Gasteiger charge is 2.17. The summed E-state index contributed by atoms with van der Waals surface area (Å²) >= 11 is 3.54. The van der Waals surface area contributed by atoms with Crippen molar-refractivity contribution >= 4 is 23.1 Å². The van der Waals surface area contributed by atoms with Crippen LogP contribution in [0.5, 0.6) is 0 Å². The molecule has 6 heteroatoms. The molecule has 0 radical (unpaired) electrons. The van der Waals surface area contributed by atoms with Gasteiger partial charge in [0.05, 0.1) is 5.69 Å². The van der Waals surface area contributed by atoms with Crippen molar-refractivity contribution in [1.29, 1.82) is 0 Å². The number of para-hydroxylation sites is 1. The van der Waals surface area contributed by atoms with Gasteiger partial charge in [-0.05, 0) is 48.6 Å². The van der Waals surface area contributed by atoms with Crippen molar-refractivity contribution in [2.45, 2.75) is 18.5 Å². The Morgan fingerprint density at radius 1 is 1.04 bits per heavy atom. The molecule has 0 unspecified atom stereocenters. The molecule has 0 spiro atoms. The number of benzene rings is 1. The van der Waals surface area contributed by atoms with Crippen LogP contribution in [-0.2, 0) is 6.42 Å². The molecule has 0 amide bonds.